The molecule has 1 heterocycles. The number of benzene rings is 1. The predicted octanol–water partition coefficient (Wildman–Crippen LogP) is 1.98. The number of carbonyl (C=O) groups is 1. The molecule has 2 N–H and O–H groups in total. The highest BCUT2D eigenvalue weighted by atomic mass is 32.1. The van der Waals surface area contributed by atoms with Crippen LogP contribution in [0.1, 0.15) is 0 Å². The van der Waals surface area contributed by atoms with E-state index >= 15 is 0 Å². The maximum absolute atomic E-state index is 11.3. The monoisotopic (exact) mass is 264 g/mol. The summed E-state index contributed by atoms with van der Waals surface area (Å²) in [7, 11) is 3.44. The van der Waals surface area contributed by atoms with E-state index in [1.54, 1.807) is 25.4 Å². The minimum absolute atomic E-state index is 0.0823. The fourth-order valence-corrected chi connectivity index (χ4v) is 2.34. The lowest BCUT2D eigenvalue weighted by Crippen LogP contribution is -2.37. The van der Waals surface area contributed by atoms with Crippen LogP contribution in [-0.4, -0.2) is 43.1 Å². The first-order valence-corrected chi connectivity index (χ1v) is 6.53. The minimum Gasteiger partial charge on any atom is -0.360 e. The molecular weight excluding hydrogens is 248 g/mol. The minimum atomic E-state index is -0.0823. The van der Waals surface area contributed by atoms with Crippen molar-refractivity contribution in [3.8, 4) is 0 Å². The standard InChI is InChI=1S/C12H16N4OS/c1-16(2)12(17)14-8-7-13-11-15-9-5-3-4-6-10(9)18-11/h3-6H,7-8H2,1-2H3,(H,13,15)(H,14,17). The summed E-state index contributed by atoms with van der Waals surface area (Å²) in [5, 5.41) is 6.87. The van der Waals surface area contributed by atoms with Crippen LogP contribution in [0.2, 0.25) is 0 Å². The Morgan fingerprint density at radius 1 is 1.33 bits per heavy atom. The molecule has 0 atom stereocenters. The third-order valence-electron chi connectivity index (χ3n) is 2.38. The zero-order chi connectivity index (χ0) is 13.0. The van der Waals surface area contributed by atoms with Gasteiger partial charge in [0, 0.05) is 27.2 Å². The topological polar surface area (TPSA) is 57.3 Å². The van der Waals surface area contributed by atoms with E-state index in [1.807, 2.05) is 24.3 Å². The number of anilines is 1. The van der Waals surface area contributed by atoms with Gasteiger partial charge in [0.05, 0.1) is 10.2 Å². The average Bonchev–Trinajstić information content (AvgIpc) is 2.76. The zero-order valence-corrected chi connectivity index (χ0v) is 11.3. The molecule has 6 heteroatoms. The Hall–Kier alpha value is -1.82. The SMILES string of the molecule is CN(C)C(=O)NCCNc1nc2ccccc2s1. The number of aromatic nitrogens is 1. The molecule has 18 heavy (non-hydrogen) atoms. The van der Waals surface area contributed by atoms with Crippen molar-refractivity contribution in [3.63, 3.8) is 0 Å². The Bertz CT molecular complexity index is 505. The highest BCUT2D eigenvalue weighted by Gasteiger charge is 2.03. The maximum Gasteiger partial charge on any atom is 0.316 e. The van der Waals surface area contributed by atoms with Crippen molar-refractivity contribution in [1.29, 1.82) is 0 Å². The summed E-state index contributed by atoms with van der Waals surface area (Å²) in [5.74, 6) is 0. The van der Waals surface area contributed by atoms with Crippen molar-refractivity contribution in [2.24, 2.45) is 0 Å². The van der Waals surface area contributed by atoms with E-state index < -0.39 is 0 Å². The van der Waals surface area contributed by atoms with Gasteiger partial charge >= 0.3 is 6.03 Å². The van der Waals surface area contributed by atoms with Crippen LogP contribution in [0.5, 0.6) is 0 Å². The largest absolute Gasteiger partial charge is 0.360 e. The molecule has 2 aromatic rings. The Kier molecular flexibility index (Phi) is 3.99. The lowest BCUT2D eigenvalue weighted by atomic mass is 10.3. The van der Waals surface area contributed by atoms with Gasteiger partial charge in [-0.2, -0.15) is 0 Å². The number of carbonyl (C=O) groups excluding carboxylic acids is 1. The number of rotatable bonds is 4. The van der Waals surface area contributed by atoms with Crippen molar-refractivity contribution in [2.75, 3.05) is 32.5 Å². The second-order valence-corrected chi connectivity index (χ2v) is 5.07. The molecule has 2 amide bonds. The molecule has 0 spiro atoms. The average molecular weight is 264 g/mol. The van der Waals surface area contributed by atoms with Crippen molar-refractivity contribution < 1.29 is 4.79 Å². The summed E-state index contributed by atoms with van der Waals surface area (Å²) >= 11 is 1.62. The normalized spacial score (nSPS) is 10.3. The molecule has 0 fully saturated rings. The van der Waals surface area contributed by atoms with Crippen LogP contribution >= 0.6 is 11.3 Å². The lowest BCUT2D eigenvalue weighted by Gasteiger charge is -2.11. The van der Waals surface area contributed by atoms with E-state index in [0.717, 1.165) is 15.3 Å². The zero-order valence-electron chi connectivity index (χ0n) is 10.4. The summed E-state index contributed by atoms with van der Waals surface area (Å²) in [5.41, 5.74) is 1.00. The molecule has 1 aromatic carbocycles. The second-order valence-electron chi connectivity index (χ2n) is 4.04. The molecule has 0 aliphatic carbocycles. The Balaban J connectivity index is 1.82. The van der Waals surface area contributed by atoms with Gasteiger partial charge in [-0.15, -0.1) is 0 Å². The third-order valence-corrected chi connectivity index (χ3v) is 3.37. The van der Waals surface area contributed by atoms with E-state index in [4.69, 9.17) is 0 Å². The first-order chi connectivity index (χ1) is 8.66. The van der Waals surface area contributed by atoms with Gasteiger partial charge < -0.3 is 15.5 Å². The van der Waals surface area contributed by atoms with Gasteiger partial charge in [0.15, 0.2) is 5.13 Å². The Morgan fingerprint density at radius 3 is 2.83 bits per heavy atom. The van der Waals surface area contributed by atoms with Gasteiger partial charge in [-0.25, -0.2) is 9.78 Å². The number of hydrogen-bond donors (Lipinski definition) is 2. The summed E-state index contributed by atoms with van der Waals surface area (Å²) in [6, 6.07) is 7.93. The number of thiazole rings is 1. The number of nitrogens with one attached hydrogen (secondary N) is 2. The number of urea groups is 1. The van der Waals surface area contributed by atoms with Crippen LogP contribution in [-0.2, 0) is 0 Å². The molecule has 0 radical (unpaired) electrons. The molecule has 1 aromatic heterocycles. The van der Waals surface area contributed by atoms with E-state index in [9.17, 15) is 4.79 Å². The van der Waals surface area contributed by atoms with Gasteiger partial charge in [-0.1, -0.05) is 23.5 Å². The summed E-state index contributed by atoms with van der Waals surface area (Å²) in [4.78, 5) is 17.2. The van der Waals surface area contributed by atoms with E-state index in [0.29, 0.717) is 13.1 Å². The molecule has 96 valence electrons. The van der Waals surface area contributed by atoms with Crippen LogP contribution < -0.4 is 10.6 Å². The number of para-hydroxylation sites is 1. The number of hydrogen-bond acceptors (Lipinski definition) is 4. The molecule has 0 bridgehead atoms. The van der Waals surface area contributed by atoms with Gasteiger partial charge in [-0.05, 0) is 12.1 Å². The highest BCUT2D eigenvalue weighted by molar-refractivity contribution is 7.22. The lowest BCUT2D eigenvalue weighted by molar-refractivity contribution is 0.218. The molecule has 5 nitrogen and oxygen atoms in total. The Morgan fingerprint density at radius 2 is 2.11 bits per heavy atom. The van der Waals surface area contributed by atoms with Crippen molar-refractivity contribution in [3.05, 3.63) is 24.3 Å². The van der Waals surface area contributed by atoms with Crippen LogP contribution in [0.15, 0.2) is 24.3 Å². The molecule has 0 saturated carbocycles. The van der Waals surface area contributed by atoms with Gasteiger partial charge in [0.2, 0.25) is 0 Å². The van der Waals surface area contributed by atoms with Gasteiger partial charge in [0.1, 0.15) is 0 Å². The molecule has 2 rings (SSSR count). The van der Waals surface area contributed by atoms with Crippen molar-refractivity contribution in [1.82, 2.24) is 15.2 Å². The molecular formula is C12H16N4OS. The predicted molar refractivity (Wildman–Crippen MR) is 75.2 cm³/mol. The van der Waals surface area contributed by atoms with Crippen molar-refractivity contribution in [2.45, 2.75) is 0 Å². The van der Waals surface area contributed by atoms with Gasteiger partial charge in [0.25, 0.3) is 0 Å². The second kappa shape index (κ2) is 5.68. The van der Waals surface area contributed by atoms with E-state index in [-0.39, 0.29) is 6.03 Å². The van der Waals surface area contributed by atoms with E-state index in [1.165, 1.54) is 4.90 Å². The molecule has 0 unspecified atom stereocenters. The van der Waals surface area contributed by atoms with Crippen LogP contribution in [0.3, 0.4) is 0 Å². The quantitative estimate of drug-likeness (QED) is 0.830. The highest BCUT2D eigenvalue weighted by Crippen LogP contribution is 2.24. The number of amides is 2. The van der Waals surface area contributed by atoms with Crippen molar-refractivity contribution >= 4 is 32.7 Å². The van der Waals surface area contributed by atoms with E-state index in [2.05, 4.69) is 15.6 Å². The number of nitrogens with zero attached hydrogens (tertiary/aromatic N) is 2. The van der Waals surface area contributed by atoms with Crippen LogP contribution in [0.25, 0.3) is 10.2 Å². The molecule has 0 saturated heterocycles. The maximum atomic E-state index is 11.3. The fourth-order valence-electron chi connectivity index (χ4n) is 1.44. The van der Waals surface area contributed by atoms with Crippen LogP contribution in [0, 0.1) is 0 Å². The molecule has 0 aliphatic rings. The smallest absolute Gasteiger partial charge is 0.316 e. The Labute approximate surface area is 110 Å². The summed E-state index contributed by atoms with van der Waals surface area (Å²) < 4.78 is 1.16. The fraction of sp³-hybridized carbons (Fsp3) is 0.333. The molecule has 0 aliphatic heterocycles. The first-order valence-electron chi connectivity index (χ1n) is 5.71. The number of fused-ring (bicyclic) bond motifs is 1. The summed E-state index contributed by atoms with van der Waals surface area (Å²) in [6.07, 6.45) is 0. The van der Waals surface area contributed by atoms with Gasteiger partial charge in [-0.3, -0.25) is 0 Å². The van der Waals surface area contributed by atoms with Crippen LogP contribution in [0.4, 0.5) is 9.93 Å². The first kappa shape index (κ1) is 12.6. The summed E-state index contributed by atoms with van der Waals surface area (Å²) in [6.45, 7) is 1.24. The third kappa shape index (κ3) is 3.10.